The highest BCUT2D eigenvalue weighted by Crippen LogP contribution is 2.22. The van der Waals surface area contributed by atoms with Crippen LogP contribution in [0.15, 0.2) is 42.5 Å². The zero-order valence-electron chi connectivity index (χ0n) is 15.1. The highest BCUT2D eigenvalue weighted by Gasteiger charge is 2.21. The lowest BCUT2D eigenvalue weighted by Crippen LogP contribution is -2.48. The van der Waals surface area contributed by atoms with Crippen LogP contribution in [0.1, 0.15) is 10.4 Å². The lowest BCUT2D eigenvalue weighted by atomic mass is 10.1. The van der Waals surface area contributed by atoms with E-state index in [4.69, 9.17) is 11.6 Å². The minimum absolute atomic E-state index is 0.0429. The fourth-order valence-electron chi connectivity index (χ4n) is 3.15. The molecule has 1 N–H and O–H groups in total. The topological polar surface area (TPSA) is 78.7 Å². The third-order valence-corrected chi connectivity index (χ3v) is 4.91. The number of nitro benzene ring substituents is 1. The van der Waals surface area contributed by atoms with E-state index in [1.165, 1.54) is 30.3 Å². The summed E-state index contributed by atoms with van der Waals surface area (Å²) in [5.41, 5.74) is 0.677. The predicted molar refractivity (Wildman–Crippen MR) is 105 cm³/mol. The van der Waals surface area contributed by atoms with Gasteiger partial charge in [0.15, 0.2) is 0 Å². The average molecular weight is 407 g/mol. The van der Waals surface area contributed by atoms with Gasteiger partial charge in [-0.15, -0.1) is 0 Å². The molecule has 7 nitrogen and oxygen atoms in total. The largest absolute Gasteiger partial charge is 0.369 e. The Morgan fingerprint density at radius 3 is 2.46 bits per heavy atom. The molecule has 0 aliphatic carbocycles. The van der Waals surface area contributed by atoms with Crippen LogP contribution in [0.4, 0.5) is 15.8 Å². The van der Waals surface area contributed by atoms with Crippen LogP contribution in [-0.2, 0) is 0 Å². The summed E-state index contributed by atoms with van der Waals surface area (Å²) in [5, 5.41) is 14.1. The first-order valence-corrected chi connectivity index (χ1v) is 9.27. The Hall–Kier alpha value is -2.71. The minimum Gasteiger partial charge on any atom is -0.369 e. The first-order chi connectivity index (χ1) is 13.4. The zero-order chi connectivity index (χ0) is 20.1. The summed E-state index contributed by atoms with van der Waals surface area (Å²) in [6.45, 7) is 4.24. The van der Waals surface area contributed by atoms with Crippen molar-refractivity contribution < 1.29 is 14.1 Å². The summed E-state index contributed by atoms with van der Waals surface area (Å²) in [5.74, 6) is -0.766. The quantitative estimate of drug-likeness (QED) is 0.589. The summed E-state index contributed by atoms with van der Waals surface area (Å²) < 4.78 is 13.0. The molecule has 28 heavy (non-hydrogen) atoms. The lowest BCUT2D eigenvalue weighted by Gasteiger charge is -2.36. The van der Waals surface area contributed by atoms with E-state index in [1.807, 2.05) is 0 Å². The molecule has 0 saturated carbocycles. The van der Waals surface area contributed by atoms with Gasteiger partial charge in [0.25, 0.3) is 11.6 Å². The molecule has 0 unspecified atom stereocenters. The number of benzene rings is 2. The Morgan fingerprint density at radius 2 is 1.82 bits per heavy atom. The molecule has 0 spiro atoms. The standard InChI is InChI=1S/C19H20ClFN4O3/c20-14-1-6-18(25(27)28)17(13-14)19(26)22-7-8-23-9-11-24(12-10-23)16-4-2-15(21)3-5-16/h1-6,13H,7-12H2,(H,22,26). The normalized spacial score (nSPS) is 14.7. The van der Waals surface area contributed by atoms with Crippen molar-refractivity contribution >= 4 is 28.9 Å². The molecular formula is C19H20ClFN4O3. The number of rotatable bonds is 6. The van der Waals surface area contributed by atoms with Crippen LogP contribution in [0.25, 0.3) is 0 Å². The Balaban J connectivity index is 1.47. The second-order valence-electron chi connectivity index (χ2n) is 6.48. The van der Waals surface area contributed by atoms with Crippen molar-refractivity contribution in [2.45, 2.75) is 0 Å². The molecule has 0 aromatic heterocycles. The number of hydrogen-bond donors (Lipinski definition) is 1. The molecule has 0 atom stereocenters. The monoisotopic (exact) mass is 406 g/mol. The van der Waals surface area contributed by atoms with Gasteiger partial charge in [-0.3, -0.25) is 19.8 Å². The fourth-order valence-corrected chi connectivity index (χ4v) is 3.33. The molecule has 148 valence electrons. The van der Waals surface area contributed by atoms with E-state index in [1.54, 1.807) is 12.1 Å². The van der Waals surface area contributed by atoms with Gasteiger partial charge in [-0.2, -0.15) is 0 Å². The van der Waals surface area contributed by atoms with Crippen molar-refractivity contribution in [3.05, 3.63) is 69.0 Å². The fraction of sp³-hybridized carbons (Fsp3) is 0.316. The molecule has 1 saturated heterocycles. The first-order valence-electron chi connectivity index (χ1n) is 8.89. The Kier molecular flexibility index (Phi) is 6.43. The van der Waals surface area contributed by atoms with Gasteiger partial charge in [0.1, 0.15) is 11.4 Å². The zero-order valence-corrected chi connectivity index (χ0v) is 15.9. The van der Waals surface area contributed by atoms with Gasteiger partial charge in [0, 0.05) is 56.0 Å². The second-order valence-corrected chi connectivity index (χ2v) is 6.92. The van der Waals surface area contributed by atoms with Crippen LogP contribution in [0, 0.1) is 15.9 Å². The van der Waals surface area contributed by atoms with Crippen molar-refractivity contribution in [1.82, 2.24) is 10.2 Å². The van der Waals surface area contributed by atoms with Crippen LogP contribution in [0.5, 0.6) is 0 Å². The van der Waals surface area contributed by atoms with Crippen LogP contribution >= 0.6 is 11.6 Å². The number of carbonyl (C=O) groups excluding carboxylic acids is 1. The number of anilines is 1. The molecule has 0 bridgehead atoms. The highest BCUT2D eigenvalue weighted by molar-refractivity contribution is 6.31. The smallest absolute Gasteiger partial charge is 0.282 e. The van der Waals surface area contributed by atoms with Crippen molar-refractivity contribution in [3.8, 4) is 0 Å². The van der Waals surface area contributed by atoms with Crippen LogP contribution in [0.2, 0.25) is 5.02 Å². The van der Waals surface area contributed by atoms with Gasteiger partial charge in [-0.25, -0.2) is 4.39 Å². The molecule has 1 aliphatic heterocycles. The molecule has 1 aliphatic rings. The molecule has 2 aromatic carbocycles. The van der Waals surface area contributed by atoms with Gasteiger partial charge in [-0.1, -0.05) is 11.6 Å². The number of piperazine rings is 1. The molecule has 1 heterocycles. The molecule has 0 radical (unpaired) electrons. The third kappa shape index (κ3) is 4.96. The van der Waals surface area contributed by atoms with Gasteiger partial charge in [0.2, 0.25) is 0 Å². The predicted octanol–water partition coefficient (Wildman–Crippen LogP) is 2.94. The van der Waals surface area contributed by atoms with Crippen LogP contribution in [-0.4, -0.2) is 55.0 Å². The number of nitrogens with zero attached hydrogens (tertiary/aromatic N) is 3. The van der Waals surface area contributed by atoms with Gasteiger partial charge in [0.05, 0.1) is 4.92 Å². The van der Waals surface area contributed by atoms with E-state index < -0.39 is 10.8 Å². The molecule has 1 amide bonds. The van der Waals surface area contributed by atoms with Crippen molar-refractivity contribution in [3.63, 3.8) is 0 Å². The van der Waals surface area contributed by atoms with Crippen LogP contribution < -0.4 is 10.2 Å². The summed E-state index contributed by atoms with van der Waals surface area (Å²) in [4.78, 5) is 27.2. The van der Waals surface area contributed by atoms with Crippen molar-refractivity contribution in [1.29, 1.82) is 0 Å². The van der Waals surface area contributed by atoms with E-state index in [0.717, 1.165) is 31.9 Å². The average Bonchev–Trinajstić information content (AvgIpc) is 2.69. The maximum atomic E-state index is 13.0. The number of amides is 1. The second kappa shape index (κ2) is 8.99. The number of hydrogen-bond acceptors (Lipinski definition) is 5. The maximum absolute atomic E-state index is 13.0. The number of nitrogens with one attached hydrogen (secondary N) is 1. The lowest BCUT2D eigenvalue weighted by molar-refractivity contribution is -0.385. The number of halogens is 2. The van der Waals surface area contributed by atoms with Crippen LogP contribution in [0.3, 0.4) is 0 Å². The Bertz CT molecular complexity index is 855. The Morgan fingerprint density at radius 1 is 1.14 bits per heavy atom. The summed E-state index contributed by atoms with van der Waals surface area (Å²) in [7, 11) is 0. The molecular weight excluding hydrogens is 387 g/mol. The van der Waals surface area contributed by atoms with Gasteiger partial charge < -0.3 is 10.2 Å². The van der Waals surface area contributed by atoms with E-state index in [0.29, 0.717) is 13.1 Å². The minimum atomic E-state index is -0.597. The van der Waals surface area contributed by atoms with Crippen molar-refractivity contribution in [2.75, 3.05) is 44.2 Å². The number of carbonyl (C=O) groups is 1. The maximum Gasteiger partial charge on any atom is 0.282 e. The molecule has 3 rings (SSSR count). The van der Waals surface area contributed by atoms with Crippen molar-refractivity contribution in [2.24, 2.45) is 0 Å². The SMILES string of the molecule is O=C(NCCN1CCN(c2ccc(F)cc2)CC1)c1cc(Cl)ccc1[N+](=O)[O-]. The number of nitro groups is 1. The highest BCUT2D eigenvalue weighted by atomic mass is 35.5. The van der Waals surface area contributed by atoms with E-state index in [2.05, 4.69) is 15.1 Å². The molecule has 1 fully saturated rings. The summed E-state index contributed by atoms with van der Waals surface area (Å²) in [6, 6.07) is 10.4. The third-order valence-electron chi connectivity index (χ3n) is 4.68. The molecule has 2 aromatic rings. The van der Waals surface area contributed by atoms with Gasteiger partial charge >= 0.3 is 0 Å². The van der Waals surface area contributed by atoms with E-state index in [9.17, 15) is 19.3 Å². The van der Waals surface area contributed by atoms with E-state index >= 15 is 0 Å². The summed E-state index contributed by atoms with van der Waals surface area (Å²) >= 11 is 5.86. The molecule has 9 heteroatoms. The van der Waals surface area contributed by atoms with Gasteiger partial charge in [-0.05, 0) is 36.4 Å². The Labute approximate surface area is 166 Å². The summed E-state index contributed by atoms with van der Waals surface area (Å²) in [6.07, 6.45) is 0. The first kappa shape index (κ1) is 20.0. The van der Waals surface area contributed by atoms with E-state index in [-0.39, 0.29) is 22.1 Å².